The van der Waals surface area contributed by atoms with Crippen LogP contribution >= 0.6 is 11.3 Å². The number of hydrogen-bond donors (Lipinski definition) is 0. The summed E-state index contributed by atoms with van der Waals surface area (Å²) in [6.07, 6.45) is 1.64. The molecule has 0 atom stereocenters. The largest absolute Gasteiger partial charge is 0.342 e. The molecule has 5 heteroatoms. The topological polar surface area (TPSA) is 29.0 Å². The molecule has 0 spiro atoms. The number of fused-ring (bicyclic) bond motifs is 1. The van der Waals surface area contributed by atoms with Gasteiger partial charge in [0.05, 0.1) is 0 Å². The molecule has 0 N–H and O–H groups in total. The molecule has 0 saturated heterocycles. The average Bonchev–Trinajstić information content (AvgIpc) is 3.04. The normalized spacial score (nSPS) is 13.9. The van der Waals surface area contributed by atoms with Crippen LogP contribution in [0.5, 0.6) is 0 Å². The van der Waals surface area contributed by atoms with E-state index >= 15 is 0 Å². The van der Waals surface area contributed by atoms with Gasteiger partial charge >= 0.3 is 0 Å². The number of anilines is 1. The Kier molecular flexibility index (Phi) is 3.79. The molecule has 0 radical (unpaired) electrons. The third kappa shape index (κ3) is 2.97. The Morgan fingerprint density at radius 2 is 1.91 bits per heavy atom. The monoisotopic (exact) mass is 325 g/mol. The maximum atomic E-state index is 14.0. The quantitative estimate of drug-likeness (QED) is 0.733. The Bertz CT molecular complexity index is 816. The van der Waals surface area contributed by atoms with Crippen LogP contribution in [0, 0.1) is 5.82 Å². The summed E-state index contributed by atoms with van der Waals surface area (Å²) in [5.41, 5.74) is 3.12. The van der Waals surface area contributed by atoms with Crippen molar-refractivity contribution in [2.24, 2.45) is 0 Å². The highest BCUT2D eigenvalue weighted by Crippen LogP contribution is 2.29. The van der Waals surface area contributed by atoms with E-state index in [1.807, 2.05) is 24.3 Å². The molecule has 4 rings (SSSR count). The molecule has 1 aromatic heterocycles. The van der Waals surface area contributed by atoms with Crippen molar-refractivity contribution in [1.29, 1.82) is 0 Å². The van der Waals surface area contributed by atoms with Gasteiger partial charge in [0.2, 0.25) is 5.13 Å². The van der Waals surface area contributed by atoms with Crippen LogP contribution in [0.3, 0.4) is 0 Å². The van der Waals surface area contributed by atoms with E-state index in [4.69, 9.17) is 0 Å². The van der Waals surface area contributed by atoms with Gasteiger partial charge in [0.1, 0.15) is 10.8 Å². The maximum Gasteiger partial charge on any atom is 0.208 e. The molecule has 23 heavy (non-hydrogen) atoms. The minimum atomic E-state index is -0.124. The van der Waals surface area contributed by atoms with Gasteiger partial charge in [-0.25, -0.2) is 4.39 Å². The molecule has 1 aliphatic rings. The molecular formula is C18H16FN3S. The van der Waals surface area contributed by atoms with Gasteiger partial charge in [0.25, 0.3) is 0 Å². The number of hydrogen-bond acceptors (Lipinski definition) is 4. The molecule has 2 aromatic carbocycles. The van der Waals surface area contributed by atoms with E-state index in [2.05, 4.69) is 27.2 Å². The molecule has 3 aromatic rings. The Hall–Kier alpha value is -2.27. The van der Waals surface area contributed by atoms with Crippen LogP contribution < -0.4 is 4.90 Å². The molecule has 0 bridgehead atoms. The molecule has 0 aliphatic carbocycles. The van der Waals surface area contributed by atoms with Crippen LogP contribution in [0.1, 0.15) is 21.7 Å². The van der Waals surface area contributed by atoms with Gasteiger partial charge in [0, 0.05) is 25.1 Å². The molecule has 0 saturated carbocycles. The highest BCUT2D eigenvalue weighted by molar-refractivity contribution is 7.15. The first-order valence-electron chi connectivity index (χ1n) is 7.67. The molecule has 1 aliphatic heterocycles. The zero-order chi connectivity index (χ0) is 15.6. The summed E-state index contributed by atoms with van der Waals surface area (Å²) in [4.78, 5) is 2.12. The van der Waals surface area contributed by atoms with Gasteiger partial charge in [-0.3, -0.25) is 0 Å². The highest BCUT2D eigenvalue weighted by atomic mass is 32.1. The number of benzene rings is 2. The SMILES string of the molecule is Fc1cccc2c1CN(c1nnc(Cc3ccccc3)s1)CC2. The predicted octanol–water partition coefficient (Wildman–Crippen LogP) is 3.83. The standard InChI is InChI=1S/C18H16FN3S/c19-16-8-4-7-14-9-10-22(12-15(14)16)18-21-20-17(23-18)11-13-5-2-1-3-6-13/h1-8H,9-12H2. The summed E-state index contributed by atoms with van der Waals surface area (Å²) in [6.45, 7) is 1.43. The number of nitrogens with zero attached hydrogens (tertiary/aromatic N) is 3. The van der Waals surface area contributed by atoms with Crippen molar-refractivity contribution in [3.8, 4) is 0 Å². The minimum Gasteiger partial charge on any atom is -0.342 e. The van der Waals surface area contributed by atoms with E-state index in [0.717, 1.165) is 40.7 Å². The minimum absolute atomic E-state index is 0.124. The van der Waals surface area contributed by atoms with Crippen molar-refractivity contribution in [3.05, 3.63) is 76.0 Å². The summed E-state index contributed by atoms with van der Waals surface area (Å²) in [5.74, 6) is -0.124. The lowest BCUT2D eigenvalue weighted by Gasteiger charge is -2.28. The van der Waals surface area contributed by atoms with Gasteiger partial charge in [-0.2, -0.15) is 0 Å². The number of rotatable bonds is 3. The first-order valence-corrected chi connectivity index (χ1v) is 8.49. The van der Waals surface area contributed by atoms with Crippen LogP contribution in [0.4, 0.5) is 9.52 Å². The average molecular weight is 325 g/mol. The molecular weight excluding hydrogens is 309 g/mol. The Morgan fingerprint density at radius 1 is 1.04 bits per heavy atom. The summed E-state index contributed by atoms with van der Waals surface area (Å²) in [5, 5.41) is 10.5. The lowest BCUT2D eigenvalue weighted by Crippen LogP contribution is -2.30. The maximum absolute atomic E-state index is 14.0. The molecule has 0 amide bonds. The van der Waals surface area contributed by atoms with Crippen LogP contribution in [-0.4, -0.2) is 16.7 Å². The third-order valence-electron chi connectivity index (χ3n) is 4.14. The zero-order valence-electron chi connectivity index (χ0n) is 12.6. The molecule has 116 valence electrons. The van der Waals surface area contributed by atoms with Crippen molar-refractivity contribution in [3.63, 3.8) is 0 Å². The zero-order valence-corrected chi connectivity index (χ0v) is 13.4. The highest BCUT2D eigenvalue weighted by Gasteiger charge is 2.21. The van der Waals surface area contributed by atoms with E-state index in [1.54, 1.807) is 17.4 Å². The van der Waals surface area contributed by atoms with Crippen LogP contribution in [0.2, 0.25) is 0 Å². The second kappa shape index (κ2) is 6.08. The van der Waals surface area contributed by atoms with Crippen LogP contribution in [-0.2, 0) is 19.4 Å². The summed E-state index contributed by atoms with van der Waals surface area (Å²) < 4.78 is 14.0. The molecule has 3 nitrogen and oxygen atoms in total. The lowest BCUT2D eigenvalue weighted by atomic mass is 10.00. The van der Waals surface area contributed by atoms with E-state index in [9.17, 15) is 4.39 Å². The second-order valence-electron chi connectivity index (χ2n) is 5.69. The molecule has 2 heterocycles. The first kappa shape index (κ1) is 14.3. The van der Waals surface area contributed by atoms with Crippen molar-refractivity contribution >= 4 is 16.5 Å². The van der Waals surface area contributed by atoms with Gasteiger partial charge in [0.15, 0.2) is 0 Å². The third-order valence-corrected chi connectivity index (χ3v) is 5.12. The van der Waals surface area contributed by atoms with Crippen molar-refractivity contribution < 1.29 is 4.39 Å². The summed E-state index contributed by atoms with van der Waals surface area (Å²) >= 11 is 1.60. The molecule has 0 fully saturated rings. The lowest BCUT2D eigenvalue weighted by molar-refractivity contribution is 0.587. The second-order valence-corrected chi connectivity index (χ2v) is 6.73. The Labute approximate surface area is 138 Å². The fourth-order valence-corrected chi connectivity index (χ4v) is 3.82. The van der Waals surface area contributed by atoms with E-state index in [0.29, 0.717) is 6.54 Å². The van der Waals surface area contributed by atoms with Crippen LogP contribution in [0.15, 0.2) is 48.5 Å². The van der Waals surface area contributed by atoms with Crippen LogP contribution in [0.25, 0.3) is 0 Å². The Balaban J connectivity index is 1.53. The van der Waals surface area contributed by atoms with Gasteiger partial charge in [-0.05, 0) is 23.6 Å². The van der Waals surface area contributed by atoms with Crippen molar-refractivity contribution in [1.82, 2.24) is 10.2 Å². The van der Waals surface area contributed by atoms with Gasteiger partial charge in [-0.1, -0.05) is 53.8 Å². The van der Waals surface area contributed by atoms with E-state index < -0.39 is 0 Å². The number of aromatic nitrogens is 2. The smallest absolute Gasteiger partial charge is 0.208 e. The fourth-order valence-electron chi connectivity index (χ4n) is 2.92. The van der Waals surface area contributed by atoms with Crippen molar-refractivity contribution in [2.45, 2.75) is 19.4 Å². The van der Waals surface area contributed by atoms with Crippen molar-refractivity contribution in [2.75, 3.05) is 11.4 Å². The predicted molar refractivity (Wildman–Crippen MR) is 90.3 cm³/mol. The first-order chi connectivity index (χ1) is 11.3. The fraction of sp³-hybridized carbons (Fsp3) is 0.222. The Morgan fingerprint density at radius 3 is 2.78 bits per heavy atom. The number of halogens is 1. The van der Waals surface area contributed by atoms with E-state index in [1.165, 1.54) is 11.6 Å². The van der Waals surface area contributed by atoms with Gasteiger partial charge < -0.3 is 4.90 Å². The molecule has 0 unspecified atom stereocenters. The summed E-state index contributed by atoms with van der Waals surface area (Å²) in [6, 6.07) is 15.6. The summed E-state index contributed by atoms with van der Waals surface area (Å²) in [7, 11) is 0. The van der Waals surface area contributed by atoms with E-state index in [-0.39, 0.29) is 5.82 Å². The van der Waals surface area contributed by atoms with Gasteiger partial charge in [-0.15, -0.1) is 10.2 Å².